The van der Waals surface area contributed by atoms with Crippen LogP contribution in [0.4, 0.5) is 0 Å². The summed E-state index contributed by atoms with van der Waals surface area (Å²) >= 11 is 0. The van der Waals surface area contributed by atoms with Gasteiger partial charge in [0.05, 0.1) is 0 Å². The molecule has 1 aromatic heterocycles. The van der Waals surface area contributed by atoms with Crippen LogP contribution in [0.1, 0.15) is 39.5 Å². The van der Waals surface area contributed by atoms with Crippen LogP contribution in [0.2, 0.25) is 0 Å². The average molecular weight is 345 g/mol. The van der Waals surface area contributed by atoms with Crippen molar-refractivity contribution in [1.29, 1.82) is 0 Å². The number of aromatic amines is 1. The number of carbonyl (C=O) groups is 1. The zero-order valence-electron chi connectivity index (χ0n) is 14.8. The van der Waals surface area contributed by atoms with Crippen molar-refractivity contribution in [2.24, 2.45) is 0 Å². The minimum Gasteiger partial charge on any atom is -0.358 e. The van der Waals surface area contributed by atoms with E-state index < -0.39 is 0 Å². The molecule has 1 saturated heterocycles. The van der Waals surface area contributed by atoms with Gasteiger partial charge in [-0.15, -0.1) is 0 Å². The predicted octanol–water partition coefficient (Wildman–Crippen LogP) is 3.44. The summed E-state index contributed by atoms with van der Waals surface area (Å²) in [7, 11) is 0. The zero-order chi connectivity index (χ0) is 17.5. The number of benzene rings is 2. The number of H-pyrrole nitrogens is 1. The molecule has 4 nitrogen and oxygen atoms in total. The Bertz CT molecular complexity index is 968. The van der Waals surface area contributed by atoms with Crippen molar-refractivity contribution in [3.05, 3.63) is 70.9 Å². The Morgan fingerprint density at radius 3 is 2.81 bits per heavy atom. The highest BCUT2D eigenvalue weighted by Crippen LogP contribution is 2.30. The molecular formula is C22H23N3O. The Hall–Kier alpha value is -2.59. The van der Waals surface area contributed by atoms with Gasteiger partial charge in [-0.05, 0) is 36.6 Å². The Balaban J connectivity index is 1.47. The first-order valence-electron chi connectivity index (χ1n) is 9.48. The summed E-state index contributed by atoms with van der Waals surface area (Å²) in [6, 6.07) is 16.6. The van der Waals surface area contributed by atoms with Gasteiger partial charge in [0.1, 0.15) is 0 Å². The number of nitrogens with zero attached hydrogens (tertiary/aromatic N) is 1. The molecule has 132 valence electrons. The third kappa shape index (κ3) is 2.53. The Morgan fingerprint density at radius 1 is 1.08 bits per heavy atom. The molecule has 1 atom stereocenters. The van der Waals surface area contributed by atoms with E-state index in [0.29, 0.717) is 12.5 Å². The quantitative estimate of drug-likeness (QED) is 0.747. The van der Waals surface area contributed by atoms with Crippen molar-refractivity contribution in [3.8, 4) is 0 Å². The van der Waals surface area contributed by atoms with Gasteiger partial charge < -0.3 is 15.2 Å². The maximum atomic E-state index is 13.3. The monoisotopic (exact) mass is 345 g/mol. The van der Waals surface area contributed by atoms with Crippen LogP contribution in [0, 0.1) is 0 Å². The van der Waals surface area contributed by atoms with Crippen LogP contribution < -0.4 is 5.32 Å². The van der Waals surface area contributed by atoms with Crippen LogP contribution in [0.3, 0.4) is 0 Å². The second-order valence-corrected chi connectivity index (χ2v) is 7.38. The van der Waals surface area contributed by atoms with E-state index in [0.717, 1.165) is 38.0 Å². The molecule has 0 spiro atoms. The number of amides is 1. The summed E-state index contributed by atoms with van der Waals surface area (Å²) in [6.07, 6.45) is 2.00. The summed E-state index contributed by atoms with van der Waals surface area (Å²) in [5.41, 5.74) is 5.81. The van der Waals surface area contributed by atoms with Crippen LogP contribution in [0.5, 0.6) is 0 Å². The van der Waals surface area contributed by atoms with Crippen molar-refractivity contribution < 1.29 is 4.79 Å². The molecule has 5 rings (SSSR count). The van der Waals surface area contributed by atoms with Gasteiger partial charge in [-0.1, -0.05) is 36.4 Å². The standard InChI is InChI=1S/C22H23N3O/c26-22(18-7-2-1-5-16(18)15-9-11-23-13-15)25-12-10-21-19(14-25)17-6-3-4-8-20(17)24-21/h1-8,15,23-24H,9-14H2/t15-/m0/s1. The first kappa shape index (κ1) is 15.6. The molecule has 4 heteroatoms. The molecule has 3 heterocycles. The number of carbonyl (C=O) groups excluding carboxylic acids is 1. The van der Waals surface area contributed by atoms with Crippen molar-refractivity contribution >= 4 is 16.8 Å². The SMILES string of the molecule is O=C(c1ccccc1[C@H]1CCNC1)N1CCc2[nH]c3ccccc3c2C1. The Kier molecular flexibility index (Phi) is 3.79. The number of para-hydroxylation sites is 1. The number of aromatic nitrogens is 1. The molecule has 0 aliphatic carbocycles. The highest BCUT2D eigenvalue weighted by Gasteiger charge is 2.28. The van der Waals surface area contributed by atoms with Crippen LogP contribution >= 0.6 is 0 Å². The van der Waals surface area contributed by atoms with E-state index in [1.165, 1.54) is 27.7 Å². The van der Waals surface area contributed by atoms with E-state index >= 15 is 0 Å². The van der Waals surface area contributed by atoms with E-state index in [9.17, 15) is 4.79 Å². The van der Waals surface area contributed by atoms with Gasteiger partial charge in [0, 0.05) is 53.8 Å². The van der Waals surface area contributed by atoms with Gasteiger partial charge in [-0.25, -0.2) is 0 Å². The third-order valence-corrected chi connectivity index (χ3v) is 5.86. The minimum absolute atomic E-state index is 0.170. The van der Waals surface area contributed by atoms with Gasteiger partial charge >= 0.3 is 0 Å². The molecule has 0 radical (unpaired) electrons. The second kappa shape index (κ2) is 6.29. The number of fused-ring (bicyclic) bond motifs is 3. The number of nitrogens with one attached hydrogen (secondary N) is 2. The fourth-order valence-electron chi connectivity index (χ4n) is 4.48. The first-order chi connectivity index (χ1) is 12.8. The normalized spacial score (nSPS) is 19.7. The van der Waals surface area contributed by atoms with Crippen LogP contribution in [-0.2, 0) is 13.0 Å². The second-order valence-electron chi connectivity index (χ2n) is 7.38. The first-order valence-corrected chi connectivity index (χ1v) is 9.48. The number of hydrogen-bond donors (Lipinski definition) is 2. The van der Waals surface area contributed by atoms with E-state index in [-0.39, 0.29) is 5.91 Å². The fraction of sp³-hybridized carbons (Fsp3) is 0.318. The molecule has 26 heavy (non-hydrogen) atoms. The molecule has 0 unspecified atom stereocenters. The molecule has 2 aliphatic heterocycles. The summed E-state index contributed by atoms with van der Waals surface area (Å²) in [5, 5.41) is 4.66. The van der Waals surface area contributed by atoms with Crippen LogP contribution in [-0.4, -0.2) is 35.4 Å². The molecule has 1 amide bonds. The summed E-state index contributed by atoms with van der Waals surface area (Å²) in [4.78, 5) is 18.9. The minimum atomic E-state index is 0.170. The topological polar surface area (TPSA) is 48.1 Å². The molecule has 3 aromatic rings. The van der Waals surface area contributed by atoms with E-state index in [1.807, 2.05) is 17.0 Å². The highest BCUT2D eigenvalue weighted by atomic mass is 16.2. The lowest BCUT2D eigenvalue weighted by Crippen LogP contribution is -2.36. The van der Waals surface area contributed by atoms with Crippen LogP contribution in [0.15, 0.2) is 48.5 Å². The van der Waals surface area contributed by atoms with Crippen LogP contribution in [0.25, 0.3) is 10.9 Å². The lowest BCUT2D eigenvalue weighted by molar-refractivity contribution is 0.0733. The van der Waals surface area contributed by atoms with Crippen molar-refractivity contribution in [1.82, 2.24) is 15.2 Å². The van der Waals surface area contributed by atoms with E-state index in [4.69, 9.17) is 0 Å². The highest BCUT2D eigenvalue weighted by molar-refractivity contribution is 5.96. The molecule has 1 fully saturated rings. The predicted molar refractivity (Wildman–Crippen MR) is 103 cm³/mol. The largest absolute Gasteiger partial charge is 0.358 e. The van der Waals surface area contributed by atoms with Gasteiger partial charge in [-0.3, -0.25) is 4.79 Å². The zero-order valence-corrected chi connectivity index (χ0v) is 14.8. The van der Waals surface area contributed by atoms with Gasteiger partial charge in [0.25, 0.3) is 5.91 Å². The molecule has 2 aromatic carbocycles. The number of rotatable bonds is 2. The maximum Gasteiger partial charge on any atom is 0.254 e. The smallest absolute Gasteiger partial charge is 0.254 e. The summed E-state index contributed by atoms with van der Waals surface area (Å²) in [5.74, 6) is 0.618. The number of hydrogen-bond acceptors (Lipinski definition) is 2. The van der Waals surface area contributed by atoms with E-state index in [1.54, 1.807) is 0 Å². The summed E-state index contributed by atoms with van der Waals surface area (Å²) < 4.78 is 0. The average Bonchev–Trinajstić information content (AvgIpc) is 3.35. The van der Waals surface area contributed by atoms with Crippen molar-refractivity contribution in [2.45, 2.75) is 25.3 Å². The molecule has 2 N–H and O–H groups in total. The van der Waals surface area contributed by atoms with Crippen molar-refractivity contribution in [3.63, 3.8) is 0 Å². The molecule has 2 aliphatic rings. The van der Waals surface area contributed by atoms with Gasteiger partial charge in [-0.2, -0.15) is 0 Å². The molecule has 0 saturated carbocycles. The molecule has 0 bridgehead atoms. The maximum absolute atomic E-state index is 13.3. The lowest BCUT2D eigenvalue weighted by Gasteiger charge is -2.28. The Morgan fingerprint density at radius 2 is 1.92 bits per heavy atom. The lowest BCUT2D eigenvalue weighted by atomic mass is 9.92. The fourth-order valence-corrected chi connectivity index (χ4v) is 4.48. The van der Waals surface area contributed by atoms with Crippen molar-refractivity contribution in [2.75, 3.05) is 19.6 Å². The Labute approximate surface area is 153 Å². The van der Waals surface area contributed by atoms with E-state index in [2.05, 4.69) is 46.7 Å². The summed E-state index contributed by atoms with van der Waals surface area (Å²) in [6.45, 7) is 3.47. The van der Waals surface area contributed by atoms with Gasteiger partial charge in [0.2, 0.25) is 0 Å². The molecular weight excluding hydrogens is 322 g/mol. The third-order valence-electron chi connectivity index (χ3n) is 5.86. The van der Waals surface area contributed by atoms with Gasteiger partial charge in [0.15, 0.2) is 0 Å².